The summed E-state index contributed by atoms with van der Waals surface area (Å²) < 4.78 is 23.3. The Morgan fingerprint density at radius 3 is 2.31 bits per heavy atom. The maximum absolute atomic E-state index is 16.6. The van der Waals surface area contributed by atoms with Gasteiger partial charge < -0.3 is 0 Å². The Bertz CT molecular complexity index is 2810. The monoisotopic (exact) mass is 598 g/mol. The van der Waals surface area contributed by atoms with Crippen LogP contribution in [0.4, 0.5) is 4.39 Å². The summed E-state index contributed by atoms with van der Waals surface area (Å²) in [7, 11) is 0. The molecule has 6 heteroatoms. The van der Waals surface area contributed by atoms with Crippen LogP contribution in [0.3, 0.4) is 0 Å². The average Bonchev–Trinajstić information content (AvgIpc) is 3.81. The van der Waals surface area contributed by atoms with Crippen molar-refractivity contribution in [1.82, 2.24) is 18.9 Å². The molecule has 45 heavy (non-hydrogen) atoms. The Kier molecular flexibility index (Phi) is 5.08. The maximum Gasteiger partial charge on any atom is 0.150 e. The Balaban J connectivity index is 1.15. The lowest BCUT2D eigenvalue weighted by Gasteiger charge is -2.14. The van der Waals surface area contributed by atoms with Crippen molar-refractivity contribution in [3.63, 3.8) is 0 Å². The number of pyridine rings is 2. The molecule has 5 aromatic heterocycles. The lowest BCUT2D eigenvalue weighted by molar-refractivity contribution is 0.402. The predicted octanol–water partition coefficient (Wildman–Crippen LogP) is 10.6. The lowest BCUT2D eigenvalue weighted by Crippen LogP contribution is -2.00. The van der Waals surface area contributed by atoms with Gasteiger partial charge in [0.1, 0.15) is 11.3 Å². The van der Waals surface area contributed by atoms with Gasteiger partial charge in [0.15, 0.2) is 6.17 Å². The Hall–Kier alpha value is -5.59. The summed E-state index contributed by atoms with van der Waals surface area (Å²) in [5.41, 5.74) is 5.93. The van der Waals surface area contributed by atoms with Gasteiger partial charge in [0.05, 0.1) is 11.0 Å². The van der Waals surface area contributed by atoms with Gasteiger partial charge in [-0.1, -0.05) is 60.7 Å². The van der Waals surface area contributed by atoms with Gasteiger partial charge in [-0.15, -0.1) is 11.3 Å². The highest BCUT2D eigenvalue weighted by atomic mass is 32.1. The largest absolute Gasteiger partial charge is 0.299 e. The molecule has 0 aliphatic carbocycles. The van der Waals surface area contributed by atoms with Crippen LogP contribution >= 0.6 is 11.3 Å². The van der Waals surface area contributed by atoms with E-state index >= 15 is 4.39 Å². The lowest BCUT2D eigenvalue weighted by atomic mass is 9.98. The van der Waals surface area contributed by atoms with Crippen LogP contribution in [0.15, 0.2) is 134 Å². The highest BCUT2D eigenvalue weighted by Gasteiger charge is 2.20. The number of hydrogen-bond donors (Lipinski definition) is 0. The fourth-order valence-corrected chi connectivity index (χ4v) is 8.21. The van der Waals surface area contributed by atoms with Gasteiger partial charge >= 0.3 is 0 Å². The molecule has 1 atom stereocenters. The number of nitrogens with zero attached hydrogens (tertiary/aromatic N) is 4. The van der Waals surface area contributed by atoms with Crippen molar-refractivity contribution in [2.75, 3.05) is 0 Å². The molecule has 10 aromatic rings. The van der Waals surface area contributed by atoms with E-state index in [0.717, 1.165) is 54.9 Å². The molecule has 0 aliphatic rings. The van der Waals surface area contributed by atoms with Crippen LogP contribution < -0.4 is 0 Å². The van der Waals surface area contributed by atoms with E-state index < -0.39 is 6.17 Å². The number of aromatic nitrogens is 4. The third-order valence-electron chi connectivity index (χ3n) is 9.12. The summed E-state index contributed by atoms with van der Waals surface area (Å²) in [5, 5.41) is 7.86. The number of alkyl halides is 1. The van der Waals surface area contributed by atoms with E-state index in [9.17, 15) is 0 Å². The molecular formula is C39H23FN4S. The zero-order valence-electron chi connectivity index (χ0n) is 23.9. The zero-order chi connectivity index (χ0) is 29.6. The molecule has 212 valence electrons. The zero-order valence-corrected chi connectivity index (χ0v) is 24.7. The van der Waals surface area contributed by atoms with Crippen molar-refractivity contribution >= 4 is 80.8 Å². The van der Waals surface area contributed by atoms with Crippen molar-refractivity contribution in [2.24, 2.45) is 0 Å². The van der Waals surface area contributed by atoms with Crippen molar-refractivity contribution < 1.29 is 4.39 Å². The van der Waals surface area contributed by atoms with Gasteiger partial charge in [-0.05, 0) is 71.1 Å². The summed E-state index contributed by atoms with van der Waals surface area (Å²) >= 11 is 1.80. The predicted molar refractivity (Wildman–Crippen MR) is 185 cm³/mol. The molecule has 0 N–H and O–H groups in total. The van der Waals surface area contributed by atoms with Crippen molar-refractivity contribution in [2.45, 2.75) is 6.17 Å². The van der Waals surface area contributed by atoms with E-state index in [1.54, 1.807) is 17.5 Å². The molecule has 0 spiro atoms. The van der Waals surface area contributed by atoms with Gasteiger partial charge in [-0.25, -0.2) is 14.4 Å². The number of para-hydroxylation sites is 1. The minimum Gasteiger partial charge on any atom is -0.299 e. The van der Waals surface area contributed by atoms with Gasteiger partial charge in [0, 0.05) is 66.0 Å². The third kappa shape index (κ3) is 3.51. The second kappa shape index (κ2) is 9.21. The molecule has 0 fully saturated rings. The van der Waals surface area contributed by atoms with Crippen molar-refractivity contribution in [1.29, 1.82) is 0 Å². The fraction of sp³-hybridized carbons (Fsp3) is 0.0256. The molecular weight excluding hydrogens is 576 g/mol. The van der Waals surface area contributed by atoms with Crippen LogP contribution in [0.1, 0.15) is 17.3 Å². The van der Waals surface area contributed by atoms with Gasteiger partial charge in [0.25, 0.3) is 0 Å². The normalized spacial score (nSPS) is 12.9. The summed E-state index contributed by atoms with van der Waals surface area (Å²) in [6.07, 6.45) is 4.28. The first-order valence-electron chi connectivity index (χ1n) is 15.0. The van der Waals surface area contributed by atoms with Crippen LogP contribution in [0.25, 0.3) is 75.1 Å². The number of halogens is 1. The summed E-state index contributed by atoms with van der Waals surface area (Å²) in [4.78, 5) is 9.45. The molecule has 4 nitrogen and oxygen atoms in total. The molecule has 0 bridgehead atoms. The van der Waals surface area contributed by atoms with E-state index in [2.05, 4.69) is 68.5 Å². The van der Waals surface area contributed by atoms with E-state index in [1.165, 1.54) is 20.2 Å². The molecule has 10 rings (SSSR count). The average molecular weight is 599 g/mol. The Morgan fingerprint density at radius 1 is 0.533 bits per heavy atom. The smallest absolute Gasteiger partial charge is 0.150 e. The Labute approximate surface area is 260 Å². The van der Waals surface area contributed by atoms with E-state index in [-0.39, 0.29) is 0 Å². The van der Waals surface area contributed by atoms with Crippen LogP contribution in [0.2, 0.25) is 0 Å². The minimum absolute atomic E-state index is 0.598. The highest BCUT2D eigenvalue weighted by molar-refractivity contribution is 7.25. The van der Waals surface area contributed by atoms with E-state index in [4.69, 9.17) is 4.98 Å². The summed E-state index contributed by atoms with van der Waals surface area (Å²) in [6, 6.07) is 39.2. The Morgan fingerprint density at radius 2 is 1.36 bits per heavy atom. The van der Waals surface area contributed by atoms with Gasteiger partial charge in [0.2, 0.25) is 0 Å². The van der Waals surface area contributed by atoms with Crippen molar-refractivity contribution in [3.8, 4) is 5.69 Å². The molecule has 1 unspecified atom stereocenters. The molecule has 0 amide bonds. The molecule has 0 radical (unpaired) electrons. The molecule has 5 heterocycles. The maximum atomic E-state index is 16.6. The van der Waals surface area contributed by atoms with Crippen LogP contribution in [-0.2, 0) is 0 Å². The first kappa shape index (κ1) is 24.8. The number of imidazole rings is 1. The van der Waals surface area contributed by atoms with Crippen molar-refractivity contribution in [3.05, 3.63) is 145 Å². The number of benzene rings is 5. The first-order valence-corrected chi connectivity index (χ1v) is 15.8. The van der Waals surface area contributed by atoms with Crippen LogP contribution in [0.5, 0.6) is 0 Å². The number of rotatable bonds is 3. The molecule has 0 aliphatic heterocycles. The SMILES string of the molecule is FC(c1cccc(-n2c3cc4sc5ccccc5c4cc3c3cccnc32)c1)c1ccc2c3ccccc3n3ccnc3c2c1. The number of fused-ring (bicyclic) bond motifs is 12. The first-order chi connectivity index (χ1) is 22.2. The second-order valence-electron chi connectivity index (χ2n) is 11.6. The number of hydrogen-bond acceptors (Lipinski definition) is 3. The second-order valence-corrected chi connectivity index (χ2v) is 12.7. The molecule has 5 aromatic carbocycles. The highest BCUT2D eigenvalue weighted by Crippen LogP contribution is 2.41. The van der Waals surface area contributed by atoms with E-state index in [0.29, 0.717) is 11.1 Å². The summed E-state index contributed by atoms with van der Waals surface area (Å²) in [5.74, 6) is 0. The molecule has 0 saturated carbocycles. The van der Waals surface area contributed by atoms with Gasteiger partial charge in [-0.2, -0.15) is 0 Å². The standard InChI is InChI=1S/C39H23FN4S/c40-37(24-14-15-26-27-9-1-3-12-33(27)43-18-17-42-38(43)32(26)20-24)23-7-5-8-25(19-23)44-34-22-36-31(28-10-2-4-13-35(28)45-36)21-30(34)29-11-6-16-41-39(29)44/h1-22,37H. The quantitative estimate of drug-likeness (QED) is 0.190. The molecule has 0 saturated heterocycles. The minimum atomic E-state index is -1.31. The fourth-order valence-electron chi connectivity index (χ4n) is 7.08. The van der Waals surface area contributed by atoms with Crippen LogP contribution in [-0.4, -0.2) is 18.9 Å². The van der Waals surface area contributed by atoms with Crippen LogP contribution in [0, 0.1) is 0 Å². The topological polar surface area (TPSA) is 35.1 Å². The third-order valence-corrected chi connectivity index (χ3v) is 10.3. The summed E-state index contributed by atoms with van der Waals surface area (Å²) in [6.45, 7) is 0. The number of thiophene rings is 1. The van der Waals surface area contributed by atoms with E-state index in [1.807, 2.05) is 73.1 Å². The van der Waals surface area contributed by atoms with Gasteiger partial charge in [-0.3, -0.25) is 8.97 Å².